The van der Waals surface area contributed by atoms with Crippen LogP contribution in [0.5, 0.6) is 0 Å². The van der Waals surface area contributed by atoms with Crippen LogP contribution in [0.1, 0.15) is 22.5 Å². The Morgan fingerprint density at radius 2 is 1.83 bits per heavy atom. The smallest absolute Gasteiger partial charge is 0.246 e. The van der Waals surface area contributed by atoms with Gasteiger partial charge >= 0.3 is 0 Å². The van der Waals surface area contributed by atoms with Crippen molar-refractivity contribution < 1.29 is 13.9 Å². The maximum Gasteiger partial charge on any atom is 0.246 e. The molecule has 0 fully saturated rings. The van der Waals surface area contributed by atoms with Gasteiger partial charge in [-0.1, -0.05) is 30.3 Å². The molecule has 30 heavy (non-hydrogen) atoms. The Hall–Kier alpha value is -3.25. The molecule has 0 aliphatic rings. The van der Waals surface area contributed by atoms with Gasteiger partial charge in [0.1, 0.15) is 5.82 Å². The lowest BCUT2D eigenvalue weighted by Gasteiger charge is -2.21. The number of hydrogen-bond acceptors (Lipinski definition) is 3. The summed E-state index contributed by atoms with van der Waals surface area (Å²) < 4.78 is 20.1. The molecule has 3 rings (SSSR count). The Labute approximate surface area is 176 Å². The number of halogens is 1. The molecular weight excluding hydrogens is 381 g/mol. The van der Waals surface area contributed by atoms with E-state index in [1.54, 1.807) is 41.0 Å². The number of hydrogen-bond donors (Lipinski definition) is 0. The standard InChI is InChI=1S/C24H26FN3O2/c1-18-23(19(2)28(26-18)22-11-9-21(25)10-12-22)13-14-24(29)27(15-16-30-3)17-20-7-5-4-6-8-20/h4-14H,15-17H2,1-3H3/b14-13+. The largest absolute Gasteiger partial charge is 0.383 e. The second-order valence-electron chi connectivity index (χ2n) is 7.04. The number of aromatic nitrogens is 2. The molecule has 0 atom stereocenters. The van der Waals surface area contributed by atoms with Crippen LogP contribution in [0.4, 0.5) is 4.39 Å². The van der Waals surface area contributed by atoms with Crippen molar-refractivity contribution in [3.63, 3.8) is 0 Å². The Morgan fingerprint density at radius 1 is 1.13 bits per heavy atom. The SMILES string of the molecule is COCCN(Cc1ccccc1)C(=O)/C=C/c1c(C)nn(-c2ccc(F)cc2)c1C. The molecule has 0 aliphatic heterocycles. The zero-order valence-electron chi connectivity index (χ0n) is 17.5. The van der Waals surface area contributed by atoms with Gasteiger partial charge in [0, 0.05) is 37.5 Å². The Morgan fingerprint density at radius 3 is 2.50 bits per heavy atom. The van der Waals surface area contributed by atoms with E-state index in [4.69, 9.17) is 4.74 Å². The molecule has 0 aliphatic carbocycles. The lowest BCUT2D eigenvalue weighted by molar-refractivity contribution is -0.127. The van der Waals surface area contributed by atoms with Crippen molar-refractivity contribution in [3.05, 3.63) is 89.0 Å². The highest BCUT2D eigenvalue weighted by Crippen LogP contribution is 2.20. The molecule has 3 aromatic rings. The molecule has 0 saturated heterocycles. The van der Waals surface area contributed by atoms with Crippen molar-refractivity contribution >= 4 is 12.0 Å². The van der Waals surface area contributed by atoms with Crippen LogP contribution in [0.15, 0.2) is 60.7 Å². The van der Waals surface area contributed by atoms with Crippen LogP contribution in [-0.4, -0.2) is 40.8 Å². The second-order valence-corrected chi connectivity index (χ2v) is 7.04. The molecule has 2 aromatic carbocycles. The van der Waals surface area contributed by atoms with Gasteiger partial charge in [-0.25, -0.2) is 9.07 Å². The van der Waals surface area contributed by atoms with Gasteiger partial charge in [-0.3, -0.25) is 4.79 Å². The Balaban J connectivity index is 1.80. The van der Waals surface area contributed by atoms with E-state index >= 15 is 0 Å². The molecular formula is C24H26FN3O2. The number of nitrogens with zero attached hydrogens (tertiary/aromatic N) is 3. The van der Waals surface area contributed by atoms with Crippen molar-refractivity contribution in [2.75, 3.05) is 20.3 Å². The van der Waals surface area contributed by atoms with Crippen LogP contribution in [0.3, 0.4) is 0 Å². The fourth-order valence-corrected chi connectivity index (χ4v) is 3.26. The maximum absolute atomic E-state index is 13.2. The third-order valence-electron chi connectivity index (χ3n) is 4.90. The first-order valence-corrected chi connectivity index (χ1v) is 9.81. The number of ether oxygens (including phenoxy) is 1. The van der Waals surface area contributed by atoms with Crippen molar-refractivity contribution in [1.29, 1.82) is 0 Å². The van der Waals surface area contributed by atoms with Crippen LogP contribution in [-0.2, 0) is 16.1 Å². The summed E-state index contributed by atoms with van der Waals surface area (Å²) in [6.45, 7) is 5.30. The number of rotatable bonds is 8. The molecule has 0 bridgehead atoms. The quantitative estimate of drug-likeness (QED) is 0.523. The van der Waals surface area contributed by atoms with Crippen molar-refractivity contribution in [1.82, 2.24) is 14.7 Å². The molecule has 6 heteroatoms. The Kier molecular flexibility index (Phi) is 7.14. The van der Waals surface area contributed by atoms with E-state index in [2.05, 4.69) is 5.10 Å². The first-order chi connectivity index (χ1) is 14.5. The van der Waals surface area contributed by atoms with E-state index in [9.17, 15) is 9.18 Å². The average Bonchev–Trinajstić information content (AvgIpc) is 3.04. The lowest BCUT2D eigenvalue weighted by Crippen LogP contribution is -2.32. The lowest BCUT2D eigenvalue weighted by atomic mass is 10.1. The minimum atomic E-state index is -0.291. The predicted molar refractivity (Wildman–Crippen MR) is 116 cm³/mol. The molecule has 5 nitrogen and oxygen atoms in total. The van der Waals surface area contributed by atoms with Gasteiger partial charge in [-0.05, 0) is 49.8 Å². The van der Waals surface area contributed by atoms with Crippen LogP contribution < -0.4 is 0 Å². The van der Waals surface area contributed by atoms with E-state index < -0.39 is 0 Å². The van der Waals surface area contributed by atoms with E-state index in [-0.39, 0.29) is 11.7 Å². The highest BCUT2D eigenvalue weighted by Gasteiger charge is 2.14. The fourth-order valence-electron chi connectivity index (χ4n) is 3.26. The normalized spacial score (nSPS) is 11.2. The van der Waals surface area contributed by atoms with Crippen LogP contribution in [0.2, 0.25) is 0 Å². The zero-order chi connectivity index (χ0) is 21.5. The molecule has 156 valence electrons. The van der Waals surface area contributed by atoms with Crippen LogP contribution >= 0.6 is 0 Å². The number of amides is 1. The highest BCUT2D eigenvalue weighted by atomic mass is 19.1. The zero-order valence-corrected chi connectivity index (χ0v) is 17.5. The van der Waals surface area contributed by atoms with Gasteiger partial charge in [-0.15, -0.1) is 0 Å². The van der Waals surface area contributed by atoms with Gasteiger partial charge in [-0.2, -0.15) is 5.10 Å². The monoisotopic (exact) mass is 407 g/mol. The van der Waals surface area contributed by atoms with Gasteiger partial charge in [0.05, 0.1) is 18.0 Å². The minimum Gasteiger partial charge on any atom is -0.383 e. The third-order valence-corrected chi connectivity index (χ3v) is 4.90. The Bertz CT molecular complexity index is 1010. The van der Waals surface area contributed by atoms with E-state index in [0.29, 0.717) is 19.7 Å². The van der Waals surface area contributed by atoms with E-state index in [1.807, 2.05) is 44.2 Å². The van der Waals surface area contributed by atoms with E-state index in [0.717, 1.165) is 28.2 Å². The summed E-state index contributed by atoms with van der Waals surface area (Å²) in [7, 11) is 1.62. The molecule has 0 unspecified atom stereocenters. The third kappa shape index (κ3) is 5.21. The van der Waals surface area contributed by atoms with E-state index in [1.165, 1.54) is 12.1 Å². The molecule has 1 aromatic heterocycles. The van der Waals surface area contributed by atoms with Gasteiger partial charge in [0.2, 0.25) is 5.91 Å². The van der Waals surface area contributed by atoms with Gasteiger partial charge in [0.15, 0.2) is 0 Å². The fraction of sp³-hybridized carbons (Fsp3) is 0.250. The maximum atomic E-state index is 13.2. The second kappa shape index (κ2) is 9.98. The predicted octanol–water partition coefficient (Wildman–Crippen LogP) is 4.32. The first-order valence-electron chi connectivity index (χ1n) is 9.81. The molecule has 0 radical (unpaired) electrons. The van der Waals surface area contributed by atoms with Crippen molar-refractivity contribution in [3.8, 4) is 5.69 Å². The first kappa shape index (κ1) is 21.5. The van der Waals surface area contributed by atoms with Crippen molar-refractivity contribution in [2.45, 2.75) is 20.4 Å². The molecule has 0 N–H and O–H groups in total. The minimum absolute atomic E-state index is 0.0933. The van der Waals surface area contributed by atoms with Gasteiger partial charge < -0.3 is 9.64 Å². The summed E-state index contributed by atoms with van der Waals surface area (Å²) in [5, 5.41) is 4.55. The number of carbonyl (C=O) groups excluding carboxylic acids is 1. The molecule has 1 amide bonds. The summed E-state index contributed by atoms with van der Waals surface area (Å²) >= 11 is 0. The summed E-state index contributed by atoms with van der Waals surface area (Å²) in [6, 6.07) is 16.0. The molecule has 1 heterocycles. The topological polar surface area (TPSA) is 47.4 Å². The number of methoxy groups -OCH3 is 1. The number of benzene rings is 2. The number of aryl methyl sites for hydroxylation is 1. The molecule has 0 saturated carbocycles. The van der Waals surface area contributed by atoms with Crippen LogP contribution in [0, 0.1) is 19.7 Å². The van der Waals surface area contributed by atoms with Gasteiger partial charge in [0.25, 0.3) is 0 Å². The summed E-state index contributed by atoms with van der Waals surface area (Å²) in [4.78, 5) is 14.6. The average molecular weight is 407 g/mol. The molecule has 0 spiro atoms. The summed E-state index contributed by atoms with van der Waals surface area (Å²) in [5.41, 5.74) is 4.39. The van der Waals surface area contributed by atoms with Crippen molar-refractivity contribution in [2.24, 2.45) is 0 Å². The summed E-state index contributed by atoms with van der Waals surface area (Å²) in [6.07, 6.45) is 3.37. The summed E-state index contributed by atoms with van der Waals surface area (Å²) in [5.74, 6) is -0.384. The van der Waals surface area contributed by atoms with Crippen LogP contribution in [0.25, 0.3) is 11.8 Å². The highest BCUT2D eigenvalue weighted by molar-refractivity contribution is 5.92. The number of carbonyl (C=O) groups is 1.